The van der Waals surface area contributed by atoms with Crippen LogP contribution >= 0.6 is 22.9 Å². The standard InChI is InChI=1S/C22H24ClN3O4S2/c1-24(15-19-8-9-20(30-19)17-4-6-18(23)7-5-17)21(27)16-25-10-12-26(13-11-25)32(28,29)22-3-2-14-31-22/h2-9,14H,10-13,15-16H2,1H3. The van der Waals surface area contributed by atoms with E-state index in [1.165, 1.54) is 15.6 Å². The van der Waals surface area contributed by atoms with Crippen molar-refractivity contribution in [2.75, 3.05) is 39.8 Å². The van der Waals surface area contributed by atoms with E-state index in [0.29, 0.717) is 47.7 Å². The summed E-state index contributed by atoms with van der Waals surface area (Å²) in [6.45, 7) is 2.39. The minimum Gasteiger partial charge on any atom is -0.459 e. The molecule has 0 spiro atoms. The summed E-state index contributed by atoms with van der Waals surface area (Å²) in [7, 11) is -1.70. The highest BCUT2D eigenvalue weighted by Gasteiger charge is 2.30. The van der Waals surface area contributed by atoms with Gasteiger partial charge in [0.25, 0.3) is 10.0 Å². The molecule has 1 fully saturated rings. The quantitative estimate of drug-likeness (QED) is 0.502. The Hall–Kier alpha value is -2.17. The number of amides is 1. The number of carbonyl (C=O) groups excluding carboxylic acids is 1. The summed E-state index contributed by atoms with van der Waals surface area (Å²) < 4.78 is 33.0. The number of thiophene rings is 1. The van der Waals surface area contributed by atoms with Gasteiger partial charge in [-0.05, 0) is 47.8 Å². The molecule has 1 amide bonds. The Kier molecular flexibility index (Phi) is 7.02. The maximum atomic E-state index is 12.7. The van der Waals surface area contributed by atoms with Gasteiger partial charge in [-0.1, -0.05) is 17.7 Å². The van der Waals surface area contributed by atoms with Crippen molar-refractivity contribution in [2.45, 2.75) is 10.8 Å². The van der Waals surface area contributed by atoms with Crippen LogP contribution in [0.2, 0.25) is 5.02 Å². The molecule has 10 heteroatoms. The first kappa shape index (κ1) is 23.0. The molecule has 3 aromatic rings. The molecule has 0 N–H and O–H groups in total. The lowest BCUT2D eigenvalue weighted by molar-refractivity contribution is -0.132. The number of piperazine rings is 1. The van der Waals surface area contributed by atoms with Crippen molar-refractivity contribution in [1.82, 2.24) is 14.1 Å². The number of furan rings is 1. The smallest absolute Gasteiger partial charge is 0.252 e. The van der Waals surface area contributed by atoms with Gasteiger partial charge >= 0.3 is 0 Å². The molecule has 0 radical (unpaired) electrons. The van der Waals surface area contributed by atoms with E-state index in [4.69, 9.17) is 16.0 Å². The fraction of sp³-hybridized carbons (Fsp3) is 0.318. The number of likely N-dealkylation sites (N-methyl/N-ethyl adjacent to an activating group) is 1. The van der Waals surface area contributed by atoms with Gasteiger partial charge < -0.3 is 9.32 Å². The first-order valence-corrected chi connectivity index (χ1v) is 12.9. The zero-order valence-electron chi connectivity index (χ0n) is 17.6. The van der Waals surface area contributed by atoms with E-state index in [2.05, 4.69) is 0 Å². The molecule has 0 saturated carbocycles. The van der Waals surface area contributed by atoms with E-state index in [0.717, 1.165) is 11.3 Å². The Morgan fingerprint density at radius 1 is 1.09 bits per heavy atom. The van der Waals surface area contributed by atoms with Crippen LogP contribution in [0.4, 0.5) is 0 Å². The molecular weight excluding hydrogens is 470 g/mol. The van der Waals surface area contributed by atoms with Crippen molar-refractivity contribution < 1.29 is 17.6 Å². The Morgan fingerprint density at radius 3 is 2.47 bits per heavy atom. The summed E-state index contributed by atoms with van der Waals surface area (Å²) in [5, 5.41) is 2.42. The van der Waals surface area contributed by atoms with Gasteiger partial charge in [0.05, 0.1) is 13.1 Å². The maximum Gasteiger partial charge on any atom is 0.252 e. The van der Waals surface area contributed by atoms with Crippen molar-refractivity contribution in [3.63, 3.8) is 0 Å². The number of halogens is 1. The molecule has 2 aromatic heterocycles. The van der Waals surface area contributed by atoms with E-state index in [-0.39, 0.29) is 12.5 Å². The Balaban J connectivity index is 1.28. The van der Waals surface area contributed by atoms with E-state index < -0.39 is 10.0 Å². The average molecular weight is 494 g/mol. The molecule has 1 aliphatic heterocycles. The van der Waals surface area contributed by atoms with Gasteiger partial charge in [0.15, 0.2) is 0 Å². The second-order valence-electron chi connectivity index (χ2n) is 7.63. The Morgan fingerprint density at radius 2 is 1.81 bits per heavy atom. The number of rotatable bonds is 7. The van der Waals surface area contributed by atoms with Crippen LogP contribution in [0.1, 0.15) is 5.76 Å². The molecular formula is C22H24ClN3O4S2. The summed E-state index contributed by atoms with van der Waals surface area (Å²) >= 11 is 7.15. The summed E-state index contributed by atoms with van der Waals surface area (Å²) in [6, 6.07) is 14.5. The van der Waals surface area contributed by atoms with E-state index in [1.807, 2.05) is 29.2 Å². The molecule has 3 heterocycles. The zero-order valence-corrected chi connectivity index (χ0v) is 20.0. The summed E-state index contributed by atoms with van der Waals surface area (Å²) in [5.74, 6) is 1.38. The average Bonchev–Trinajstić information content (AvgIpc) is 3.47. The molecule has 1 aliphatic rings. The van der Waals surface area contributed by atoms with Crippen LogP contribution in [0, 0.1) is 0 Å². The number of benzene rings is 1. The Labute approximate surface area is 196 Å². The minimum atomic E-state index is -3.44. The first-order valence-electron chi connectivity index (χ1n) is 10.2. The number of sulfonamides is 1. The molecule has 1 saturated heterocycles. The van der Waals surface area contributed by atoms with E-state index in [1.54, 1.807) is 41.6 Å². The highest BCUT2D eigenvalue weighted by atomic mass is 35.5. The van der Waals surface area contributed by atoms with Gasteiger partial charge in [0.1, 0.15) is 15.7 Å². The van der Waals surface area contributed by atoms with E-state index >= 15 is 0 Å². The third-order valence-corrected chi connectivity index (χ3v) is 8.91. The SMILES string of the molecule is CN(Cc1ccc(-c2ccc(Cl)cc2)o1)C(=O)CN1CCN(S(=O)(=O)c2cccs2)CC1. The van der Waals surface area contributed by atoms with Crippen LogP contribution in [0.15, 0.2) is 62.5 Å². The van der Waals surface area contributed by atoms with E-state index in [9.17, 15) is 13.2 Å². The van der Waals surface area contributed by atoms with Crippen LogP contribution < -0.4 is 0 Å². The highest BCUT2D eigenvalue weighted by molar-refractivity contribution is 7.91. The van der Waals surface area contributed by atoms with Crippen LogP contribution in [-0.4, -0.2) is 68.2 Å². The molecule has 1 aromatic carbocycles. The number of hydrogen-bond donors (Lipinski definition) is 0. The van der Waals surface area contributed by atoms with Gasteiger partial charge in [-0.25, -0.2) is 8.42 Å². The third-order valence-electron chi connectivity index (χ3n) is 5.39. The number of carbonyl (C=O) groups is 1. The van der Waals surface area contributed by atoms with Gasteiger partial charge in [-0.3, -0.25) is 9.69 Å². The first-order chi connectivity index (χ1) is 15.3. The lowest BCUT2D eigenvalue weighted by Gasteiger charge is -2.33. The molecule has 170 valence electrons. The summed E-state index contributed by atoms with van der Waals surface area (Å²) in [6.07, 6.45) is 0. The van der Waals surface area contributed by atoms with Gasteiger partial charge in [0, 0.05) is 43.8 Å². The topological polar surface area (TPSA) is 74.1 Å². The molecule has 0 atom stereocenters. The second-order valence-corrected chi connectivity index (χ2v) is 11.2. The minimum absolute atomic E-state index is 0.0380. The lowest BCUT2D eigenvalue weighted by Crippen LogP contribution is -2.51. The molecule has 32 heavy (non-hydrogen) atoms. The molecule has 0 unspecified atom stereocenters. The van der Waals surface area contributed by atoms with Crippen LogP contribution in [-0.2, 0) is 21.4 Å². The van der Waals surface area contributed by atoms with Crippen LogP contribution in [0.3, 0.4) is 0 Å². The zero-order chi connectivity index (χ0) is 22.7. The maximum absolute atomic E-state index is 12.7. The predicted molar refractivity (Wildman–Crippen MR) is 125 cm³/mol. The van der Waals surface area contributed by atoms with Gasteiger partial charge in [-0.2, -0.15) is 4.31 Å². The van der Waals surface area contributed by atoms with Crippen LogP contribution in [0.5, 0.6) is 0 Å². The largest absolute Gasteiger partial charge is 0.459 e. The van der Waals surface area contributed by atoms with Gasteiger partial charge in [0.2, 0.25) is 5.91 Å². The number of nitrogens with zero attached hydrogens (tertiary/aromatic N) is 3. The predicted octanol–water partition coefficient (Wildman–Crippen LogP) is 3.63. The molecule has 4 rings (SSSR count). The van der Waals surface area contributed by atoms with Crippen molar-refractivity contribution in [3.05, 3.63) is 64.7 Å². The van der Waals surface area contributed by atoms with Gasteiger partial charge in [-0.15, -0.1) is 11.3 Å². The summed E-state index contributed by atoms with van der Waals surface area (Å²) in [5.41, 5.74) is 0.921. The molecule has 0 aliphatic carbocycles. The molecule has 0 bridgehead atoms. The fourth-order valence-corrected chi connectivity index (χ4v) is 6.22. The summed E-state index contributed by atoms with van der Waals surface area (Å²) in [4.78, 5) is 16.3. The van der Waals surface area contributed by atoms with Crippen molar-refractivity contribution in [3.8, 4) is 11.3 Å². The van der Waals surface area contributed by atoms with Crippen molar-refractivity contribution >= 4 is 38.9 Å². The number of hydrogen-bond acceptors (Lipinski definition) is 6. The van der Waals surface area contributed by atoms with Crippen molar-refractivity contribution in [1.29, 1.82) is 0 Å². The van der Waals surface area contributed by atoms with Crippen LogP contribution in [0.25, 0.3) is 11.3 Å². The fourth-order valence-electron chi connectivity index (χ4n) is 3.53. The lowest BCUT2D eigenvalue weighted by atomic mass is 10.2. The molecule has 7 nitrogen and oxygen atoms in total. The normalized spacial score (nSPS) is 15.7. The second kappa shape index (κ2) is 9.76. The monoisotopic (exact) mass is 493 g/mol. The highest BCUT2D eigenvalue weighted by Crippen LogP contribution is 2.25. The third kappa shape index (κ3) is 5.24. The Bertz CT molecular complexity index is 1150. The van der Waals surface area contributed by atoms with Crippen molar-refractivity contribution in [2.24, 2.45) is 0 Å².